The van der Waals surface area contributed by atoms with Crippen molar-refractivity contribution in [3.05, 3.63) is 77.5 Å². The van der Waals surface area contributed by atoms with Gasteiger partial charge in [-0.1, -0.05) is 48.5 Å². The summed E-state index contributed by atoms with van der Waals surface area (Å²) < 4.78 is 7.24. The van der Waals surface area contributed by atoms with Crippen molar-refractivity contribution < 1.29 is 19.4 Å². The maximum Gasteiger partial charge on any atom is 0.407 e. The predicted octanol–water partition coefficient (Wildman–Crippen LogP) is 5.18. The Hall–Kier alpha value is -3.54. The first-order valence-corrected chi connectivity index (χ1v) is 9.73. The number of hydrogen-bond acceptors (Lipinski definition) is 3. The van der Waals surface area contributed by atoms with Gasteiger partial charge in [-0.2, -0.15) is 0 Å². The van der Waals surface area contributed by atoms with Crippen LogP contribution in [0.4, 0.5) is 4.79 Å². The number of alkyl carbamates (subject to hydrolysis) is 1. The molecule has 156 valence electrons. The molecule has 0 aliphatic heterocycles. The van der Waals surface area contributed by atoms with Crippen LogP contribution in [0, 0.1) is 6.92 Å². The molecule has 2 N–H and O–H groups in total. The molecule has 0 aliphatic carbocycles. The van der Waals surface area contributed by atoms with Crippen molar-refractivity contribution in [2.75, 3.05) is 0 Å². The Morgan fingerprint density at radius 2 is 1.67 bits per heavy atom. The van der Waals surface area contributed by atoms with Gasteiger partial charge < -0.3 is 19.7 Å². The number of carbonyl (C=O) groups is 2. The predicted molar refractivity (Wildman–Crippen MR) is 116 cm³/mol. The van der Waals surface area contributed by atoms with E-state index in [4.69, 9.17) is 4.74 Å². The van der Waals surface area contributed by atoms with E-state index in [0.29, 0.717) is 5.69 Å². The summed E-state index contributed by atoms with van der Waals surface area (Å²) in [4.78, 5) is 24.0. The Balaban J connectivity index is 2.05. The molecule has 1 heterocycles. The van der Waals surface area contributed by atoms with Gasteiger partial charge in [-0.15, -0.1) is 0 Å². The molecule has 0 aliphatic rings. The molecule has 3 aromatic rings. The van der Waals surface area contributed by atoms with Gasteiger partial charge in [0.2, 0.25) is 0 Å². The normalized spacial score (nSPS) is 11.2. The molecular formula is C24H26N2O4. The lowest BCUT2D eigenvalue weighted by Crippen LogP contribution is -2.32. The largest absolute Gasteiger partial charge is 0.478 e. The summed E-state index contributed by atoms with van der Waals surface area (Å²) in [6, 6.07) is 18.7. The van der Waals surface area contributed by atoms with Gasteiger partial charge in [-0.05, 0) is 51.0 Å². The standard InChI is InChI=1S/C24H26N2O4/c1-16-14-19(22(27)28)21(17-10-6-5-7-11-17)26(16)20-13-9-8-12-18(20)15-25-23(29)30-24(2,3)4/h5-14H,15H2,1-4H3,(H,25,29)(H,27,28). The monoisotopic (exact) mass is 406 g/mol. The fourth-order valence-electron chi connectivity index (χ4n) is 3.35. The van der Waals surface area contributed by atoms with Crippen molar-refractivity contribution in [3.8, 4) is 16.9 Å². The first-order valence-electron chi connectivity index (χ1n) is 9.73. The highest BCUT2D eigenvalue weighted by Gasteiger charge is 2.22. The number of aromatic carboxylic acids is 1. The molecular weight excluding hydrogens is 380 g/mol. The van der Waals surface area contributed by atoms with Crippen LogP contribution < -0.4 is 5.32 Å². The number of carboxylic acids is 1. The second kappa shape index (κ2) is 8.45. The molecule has 0 saturated carbocycles. The van der Waals surface area contributed by atoms with Crippen LogP contribution >= 0.6 is 0 Å². The Bertz CT molecular complexity index is 1060. The topological polar surface area (TPSA) is 80.6 Å². The minimum absolute atomic E-state index is 0.230. The summed E-state index contributed by atoms with van der Waals surface area (Å²) in [5, 5.41) is 12.6. The number of aryl methyl sites for hydroxylation is 1. The third-order valence-electron chi connectivity index (χ3n) is 4.52. The molecule has 6 nitrogen and oxygen atoms in total. The van der Waals surface area contributed by atoms with Crippen LogP contribution in [0.5, 0.6) is 0 Å². The van der Waals surface area contributed by atoms with Gasteiger partial charge in [-0.25, -0.2) is 9.59 Å². The Kier molecular flexibility index (Phi) is 5.96. The molecule has 0 saturated heterocycles. The summed E-state index contributed by atoms with van der Waals surface area (Å²) >= 11 is 0. The number of hydrogen-bond donors (Lipinski definition) is 2. The number of para-hydroxylation sites is 1. The second-order valence-electron chi connectivity index (χ2n) is 8.04. The first kappa shape index (κ1) is 21.2. The zero-order valence-corrected chi connectivity index (χ0v) is 17.6. The van der Waals surface area contributed by atoms with Gasteiger partial charge in [0.05, 0.1) is 16.9 Å². The molecule has 0 spiro atoms. The fourth-order valence-corrected chi connectivity index (χ4v) is 3.35. The minimum Gasteiger partial charge on any atom is -0.478 e. The van der Waals surface area contributed by atoms with Gasteiger partial charge in [0.25, 0.3) is 0 Å². The molecule has 0 radical (unpaired) electrons. The summed E-state index contributed by atoms with van der Waals surface area (Å²) in [5.74, 6) is -0.986. The van der Waals surface area contributed by atoms with Crippen LogP contribution in [-0.4, -0.2) is 27.3 Å². The van der Waals surface area contributed by atoms with E-state index in [2.05, 4.69) is 5.32 Å². The zero-order chi connectivity index (χ0) is 21.9. The van der Waals surface area contributed by atoms with Gasteiger partial charge in [0.15, 0.2) is 0 Å². The highest BCUT2D eigenvalue weighted by Crippen LogP contribution is 2.32. The SMILES string of the molecule is Cc1cc(C(=O)O)c(-c2ccccc2)n1-c1ccccc1CNC(=O)OC(C)(C)C. The van der Waals surface area contributed by atoms with E-state index >= 15 is 0 Å². The Morgan fingerprint density at radius 3 is 2.30 bits per heavy atom. The van der Waals surface area contributed by atoms with Gasteiger partial charge in [0, 0.05) is 12.2 Å². The van der Waals surface area contributed by atoms with Gasteiger partial charge in [-0.3, -0.25) is 0 Å². The Morgan fingerprint density at radius 1 is 1.03 bits per heavy atom. The molecule has 30 heavy (non-hydrogen) atoms. The molecule has 3 rings (SSSR count). The van der Waals surface area contributed by atoms with E-state index in [1.165, 1.54) is 0 Å². The molecule has 0 bridgehead atoms. The van der Waals surface area contributed by atoms with Crippen LogP contribution in [0.15, 0.2) is 60.7 Å². The number of nitrogens with one attached hydrogen (secondary N) is 1. The number of amides is 1. The summed E-state index contributed by atoms with van der Waals surface area (Å²) in [6.07, 6.45) is -0.504. The van der Waals surface area contributed by atoms with Crippen LogP contribution in [-0.2, 0) is 11.3 Å². The van der Waals surface area contributed by atoms with E-state index in [1.54, 1.807) is 6.07 Å². The number of aromatic nitrogens is 1. The van der Waals surface area contributed by atoms with E-state index < -0.39 is 17.7 Å². The summed E-state index contributed by atoms with van der Waals surface area (Å²) in [7, 11) is 0. The number of carboxylic acid groups (broad SMARTS) is 1. The van der Waals surface area contributed by atoms with Crippen molar-refractivity contribution in [2.24, 2.45) is 0 Å². The highest BCUT2D eigenvalue weighted by atomic mass is 16.6. The first-order chi connectivity index (χ1) is 14.2. The zero-order valence-electron chi connectivity index (χ0n) is 17.6. The molecule has 1 amide bonds. The van der Waals surface area contributed by atoms with Crippen LogP contribution in [0.3, 0.4) is 0 Å². The molecule has 0 fully saturated rings. The molecule has 2 aromatic carbocycles. The number of nitrogens with zero attached hydrogens (tertiary/aromatic N) is 1. The van der Waals surface area contributed by atoms with Crippen molar-refractivity contribution in [2.45, 2.75) is 39.8 Å². The van der Waals surface area contributed by atoms with Gasteiger partial charge in [0.1, 0.15) is 5.60 Å². The lowest BCUT2D eigenvalue weighted by atomic mass is 10.1. The molecule has 6 heteroatoms. The third-order valence-corrected chi connectivity index (χ3v) is 4.52. The number of rotatable bonds is 5. The Labute approximate surface area is 176 Å². The maximum atomic E-state index is 12.1. The quantitative estimate of drug-likeness (QED) is 0.612. The average molecular weight is 406 g/mol. The fraction of sp³-hybridized carbons (Fsp3) is 0.250. The van der Waals surface area contributed by atoms with Crippen molar-refractivity contribution >= 4 is 12.1 Å². The van der Waals surface area contributed by atoms with Crippen molar-refractivity contribution in [1.82, 2.24) is 9.88 Å². The van der Waals surface area contributed by atoms with Crippen LogP contribution in [0.25, 0.3) is 16.9 Å². The van der Waals surface area contributed by atoms with Crippen molar-refractivity contribution in [1.29, 1.82) is 0 Å². The number of carbonyl (C=O) groups excluding carboxylic acids is 1. The second-order valence-corrected chi connectivity index (χ2v) is 8.04. The van der Waals surface area contributed by atoms with Crippen LogP contribution in [0.2, 0.25) is 0 Å². The van der Waals surface area contributed by atoms with Crippen LogP contribution in [0.1, 0.15) is 42.4 Å². The summed E-state index contributed by atoms with van der Waals surface area (Å²) in [5.41, 5.74) is 3.48. The number of ether oxygens (including phenoxy) is 1. The van der Waals surface area contributed by atoms with Crippen molar-refractivity contribution in [3.63, 3.8) is 0 Å². The molecule has 0 atom stereocenters. The summed E-state index contributed by atoms with van der Waals surface area (Å²) in [6.45, 7) is 7.55. The minimum atomic E-state index is -0.986. The van der Waals surface area contributed by atoms with E-state index in [1.807, 2.05) is 86.9 Å². The average Bonchev–Trinajstić information content (AvgIpc) is 3.03. The maximum absolute atomic E-state index is 12.1. The lowest BCUT2D eigenvalue weighted by Gasteiger charge is -2.21. The lowest BCUT2D eigenvalue weighted by molar-refractivity contribution is 0.0523. The van der Waals surface area contributed by atoms with Gasteiger partial charge >= 0.3 is 12.1 Å². The van der Waals surface area contributed by atoms with E-state index in [-0.39, 0.29) is 12.1 Å². The molecule has 0 unspecified atom stereocenters. The molecule has 1 aromatic heterocycles. The third kappa shape index (κ3) is 4.71. The van der Waals surface area contributed by atoms with E-state index in [0.717, 1.165) is 22.5 Å². The number of benzene rings is 2. The highest BCUT2D eigenvalue weighted by molar-refractivity contribution is 5.96. The smallest absolute Gasteiger partial charge is 0.407 e. The van der Waals surface area contributed by atoms with E-state index in [9.17, 15) is 14.7 Å².